The molecule has 0 bridgehead atoms. The van der Waals surface area contributed by atoms with Crippen molar-refractivity contribution in [3.05, 3.63) is 10.0 Å². The van der Waals surface area contributed by atoms with E-state index in [4.69, 9.17) is 0 Å². The first-order chi connectivity index (χ1) is 17.6. The quantitative estimate of drug-likeness (QED) is 0.375. The van der Waals surface area contributed by atoms with Gasteiger partial charge in [0.25, 0.3) is 0 Å². The maximum atomic E-state index is 12.2. The Bertz CT molecular complexity index is 877. The van der Waals surface area contributed by atoms with Gasteiger partial charge in [-0.3, -0.25) is 9.59 Å². The predicted octanol–water partition coefficient (Wildman–Crippen LogP) is 3.58. The minimum Gasteiger partial charge on any atom is -0.303 e. The first kappa shape index (κ1) is 27.0. The maximum absolute atomic E-state index is 12.2. The van der Waals surface area contributed by atoms with E-state index in [9.17, 15) is 9.59 Å². The van der Waals surface area contributed by atoms with Gasteiger partial charge in [-0.05, 0) is 64.7 Å². The van der Waals surface area contributed by atoms with E-state index in [1.54, 1.807) is 0 Å². The molecule has 2 N–H and O–H groups in total. The van der Waals surface area contributed by atoms with E-state index in [0.29, 0.717) is 23.1 Å². The van der Waals surface area contributed by atoms with Crippen LogP contribution in [0.3, 0.4) is 0 Å². The molecule has 0 aliphatic carbocycles. The second-order valence-electron chi connectivity index (χ2n) is 9.61. The third-order valence-electron chi connectivity index (χ3n) is 6.67. The maximum Gasteiger partial charge on any atom is 0.227 e. The molecule has 12 heteroatoms. The molecule has 2 fully saturated rings. The standard InChI is InChI=1S/C24H38N8O2S2/c33-19(11-17-31-13-5-1-6-14-31)25-23-29-27-21(35-23)9-3-4-10-22-28-30-24(36-22)26-20(34)12-18-32-15-7-2-8-16-32/h1-18H2,(H,25,29,33)(H,26,30,34). The molecule has 2 aliphatic heterocycles. The van der Waals surface area contributed by atoms with Crippen molar-refractivity contribution in [3.63, 3.8) is 0 Å². The number of nitrogens with one attached hydrogen (secondary N) is 2. The molecule has 10 nitrogen and oxygen atoms in total. The summed E-state index contributed by atoms with van der Waals surface area (Å²) in [6.07, 6.45) is 12.1. The van der Waals surface area contributed by atoms with Crippen LogP contribution in [0.5, 0.6) is 0 Å². The number of nitrogens with zero attached hydrogens (tertiary/aromatic N) is 6. The van der Waals surface area contributed by atoms with Crippen LogP contribution < -0.4 is 10.6 Å². The number of aromatic nitrogens is 4. The molecule has 2 aromatic heterocycles. The average molecular weight is 535 g/mol. The normalized spacial score (nSPS) is 17.2. The molecular formula is C24H38N8O2S2. The van der Waals surface area contributed by atoms with E-state index in [1.165, 1.54) is 61.2 Å². The van der Waals surface area contributed by atoms with Crippen LogP contribution in [0.25, 0.3) is 0 Å². The first-order valence-electron chi connectivity index (χ1n) is 13.3. The van der Waals surface area contributed by atoms with Gasteiger partial charge < -0.3 is 20.4 Å². The topological polar surface area (TPSA) is 116 Å². The van der Waals surface area contributed by atoms with Crippen molar-refractivity contribution < 1.29 is 9.59 Å². The summed E-state index contributed by atoms with van der Waals surface area (Å²) in [4.78, 5) is 29.2. The monoisotopic (exact) mass is 534 g/mol. The minimum absolute atomic E-state index is 0.00827. The van der Waals surface area contributed by atoms with Crippen LogP contribution >= 0.6 is 22.7 Å². The third kappa shape index (κ3) is 9.45. The number of carbonyl (C=O) groups excluding carboxylic acids is 2. The van der Waals surface area contributed by atoms with Crippen molar-refractivity contribution in [3.8, 4) is 0 Å². The number of piperidine rings is 2. The Labute approximate surface area is 221 Å². The number of aryl methyl sites for hydroxylation is 2. The summed E-state index contributed by atoms with van der Waals surface area (Å²) in [5.41, 5.74) is 0. The van der Waals surface area contributed by atoms with Gasteiger partial charge in [0.05, 0.1) is 0 Å². The number of likely N-dealkylation sites (tertiary alicyclic amines) is 2. The van der Waals surface area contributed by atoms with Crippen LogP contribution in [0.2, 0.25) is 0 Å². The summed E-state index contributed by atoms with van der Waals surface area (Å²) >= 11 is 2.90. The van der Waals surface area contributed by atoms with Crippen LogP contribution in [0, 0.1) is 0 Å². The zero-order valence-corrected chi connectivity index (χ0v) is 22.7. The molecule has 198 valence electrons. The Morgan fingerprint density at radius 2 is 1.06 bits per heavy atom. The van der Waals surface area contributed by atoms with Crippen LogP contribution in [-0.2, 0) is 22.4 Å². The zero-order chi connectivity index (χ0) is 25.0. The van der Waals surface area contributed by atoms with Crippen LogP contribution in [0.4, 0.5) is 10.3 Å². The molecule has 2 aliphatic rings. The Balaban J connectivity index is 1.07. The average Bonchev–Trinajstić information content (AvgIpc) is 3.54. The van der Waals surface area contributed by atoms with Crippen LogP contribution in [0.15, 0.2) is 0 Å². The van der Waals surface area contributed by atoms with Gasteiger partial charge in [0, 0.05) is 38.8 Å². The molecule has 2 aromatic rings. The fourth-order valence-corrected chi connectivity index (χ4v) is 6.21. The van der Waals surface area contributed by atoms with Gasteiger partial charge in [-0.2, -0.15) is 0 Å². The van der Waals surface area contributed by atoms with Crippen LogP contribution in [0.1, 0.15) is 74.2 Å². The van der Waals surface area contributed by atoms with Crippen molar-refractivity contribution in [2.24, 2.45) is 0 Å². The summed E-state index contributed by atoms with van der Waals surface area (Å²) in [6, 6.07) is 0. The molecule has 2 saturated heterocycles. The molecule has 2 amide bonds. The van der Waals surface area contributed by atoms with Crippen LogP contribution in [-0.4, -0.2) is 81.3 Å². The third-order valence-corrected chi connectivity index (χ3v) is 8.46. The number of carbonyl (C=O) groups is 2. The fourth-order valence-electron chi connectivity index (χ4n) is 4.61. The lowest BCUT2D eigenvalue weighted by atomic mass is 10.1. The van der Waals surface area contributed by atoms with Crippen molar-refractivity contribution in [2.45, 2.75) is 77.0 Å². The molecule has 0 radical (unpaired) electrons. The zero-order valence-electron chi connectivity index (χ0n) is 21.0. The lowest BCUT2D eigenvalue weighted by molar-refractivity contribution is -0.117. The van der Waals surface area contributed by atoms with E-state index < -0.39 is 0 Å². The molecule has 4 heterocycles. The first-order valence-corrected chi connectivity index (χ1v) is 15.0. The van der Waals surface area contributed by atoms with Gasteiger partial charge in [0.1, 0.15) is 10.0 Å². The smallest absolute Gasteiger partial charge is 0.227 e. The Hall–Kier alpha value is -2.02. The molecular weight excluding hydrogens is 496 g/mol. The van der Waals surface area contributed by atoms with Gasteiger partial charge in [-0.25, -0.2) is 0 Å². The minimum atomic E-state index is 0.00827. The van der Waals surface area contributed by atoms with E-state index in [-0.39, 0.29) is 11.8 Å². The lowest BCUT2D eigenvalue weighted by Crippen LogP contribution is -2.32. The molecule has 0 atom stereocenters. The van der Waals surface area contributed by atoms with Gasteiger partial charge in [0.15, 0.2) is 0 Å². The largest absolute Gasteiger partial charge is 0.303 e. The molecule has 0 unspecified atom stereocenters. The van der Waals surface area contributed by atoms with Gasteiger partial charge >= 0.3 is 0 Å². The van der Waals surface area contributed by atoms with E-state index in [1.807, 2.05) is 0 Å². The van der Waals surface area contributed by atoms with Crippen molar-refractivity contribution in [2.75, 3.05) is 49.9 Å². The second-order valence-corrected chi connectivity index (χ2v) is 11.7. The van der Waals surface area contributed by atoms with E-state index in [2.05, 4.69) is 40.8 Å². The highest BCUT2D eigenvalue weighted by Gasteiger charge is 2.15. The summed E-state index contributed by atoms with van der Waals surface area (Å²) < 4.78 is 0. The van der Waals surface area contributed by atoms with E-state index in [0.717, 1.165) is 75.0 Å². The van der Waals surface area contributed by atoms with Gasteiger partial charge in [-0.15, -0.1) is 20.4 Å². The van der Waals surface area contributed by atoms with Crippen molar-refractivity contribution in [1.29, 1.82) is 0 Å². The SMILES string of the molecule is O=C(CCN1CCCCC1)Nc1nnc(CCCCc2nnc(NC(=O)CCN3CCCCC3)s2)s1. The highest BCUT2D eigenvalue weighted by Crippen LogP contribution is 2.20. The lowest BCUT2D eigenvalue weighted by Gasteiger charge is -2.25. The molecule has 36 heavy (non-hydrogen) atoms. The van der Waals surface area contributed by atoms with E-state index >= 15 is 0 Å². The number of rotatable bonds is 13. The predicted molar refractivity (Wildman–Crippen MR) is 144 cm³/mol. The number of amides is 2. The van der Waals surface area contributed by atoms with Crippen molar-refractivity contribution in [1.82, 2.24) is 30.2 Å². The molecule has 4 rings (SSSR count). The van der Waals surface area contributed by atoms with Gasteiger partial charge in [0.2, 0.25) is 22.1 Å². The highest BCUT2D eigenvalue weighted by atomic mass is 32.1. The second kappa shape index (κ2) is 14.7. The molecule has 0 spiro atoms. The number of hydrogen-bond donors (Lipinski definition) is 2. The Kier molecular flexibility index (Phi) is 11.0. The van der Waals surface area contributed by atoms with Crippen molar-refractivity contribution >= 4 is 44.8 Å². The highest BCUT2D eigenvalue weighted by molar-refractivity contribution is 7.15. The Morgan fingerprint density at radius 3 is 1.47 bits per heavy atom. The molecule has 0 aromatic carbocycles. The summed E-state index contributed by atoms with van der Waals surface area (Å²) in [6.45, 7) is 6.02. The summed E-state index contributed by atoms with van der Waals surface area (Å²) in [5.74, 6) is 0.0165. The molecule has 0 saturated carbocycles. The Morgan fingerprint density at radius 1 is 0.639 bits per heavy atom. The summed E-state index contributed by atoms with van der Waals surface area (Å²) in [7, 11) is 0. The number of hydrogen-bond acceptors (Lipinski definition) is 10. The summed E-state index contributed by atoms with van der Waals surface area (Å²) in [5, 5.41) is 25.5. The number of unbranched alkanes of at least 4 members (excludes halogenated alkanes) is 1. The fraction of sp³-hybridized carbons (Fsp3) is 0.750. The van der Waals surface area contributed by atoms with Gasteiger partial charge in [-0.1, -0.05) is 35.5 Å². The number of anilines is 2.